The molecule has 0 aliphatic rings. The van der Waals surface area contributed by atoms with Gasteiger partial charge < -0.3 is 9.32 Å². The summed E-state index contributed by atoms with van der Waals surface area (Å²) in [5.74, 6) is 0. The molecule has 2 heteroatoms. The third-order valence-electron chi connectivity index (χ3n) is 11.0. The van der Waals surface area contributed by atoms with Crippen LogP contribution in [0.5, 0.6) is 0 Å². The van der Waals surface area contributed by atoms with Gasteiger partial charge in [-0.25, -0.2) is 0 Å². The zero-order chi connectivity index (χ0) is 35.6. The molecule has 252 valence electrons. The highest BCUT2D eigenvalue weighted by molar-refractivity contribution is 6.26. The van der Waals surface area contributed by atoms with Crippen LogP contribution in [0, 0.1) is 0 Å². The normalized spacial score (nSPS) is 11.7. The van der Waals surface area contributed by atoms with Crippen LogP contribution in [0.25, 0.3) is 87.3 Å². The first-order chi connectivity index (χ1) is 26.8. The second kappa shape index (κ2) is 12.2. The van der Waals surface area contributed by atoms with E-state index in [1.54, 1.807) is 0 Å². The molecule has 10 aromatic carbocycles. The first kappa shape index (κ1) is 30.5. The molecule has 0 fully saturated rings. The maximum atomic E-state index is 6.27. The molecule has 0 saturated carbocycles. The Morgan fingerprint density at radius 3 is 1.52 bits per heavy atom. The van der Waals surface area contributed by atoms with Gasteiger partial charge in [0, 0.05) is 27.5 Å². The van der Waals surface area contributed by atoms with Gasteiger partial charge in [-0.3, -0.25) is 0 Å². The molecule has 0 spiro atoms. The molecule has 0 amide bonds. The Hall–Kier alpha value is -7.16. The van der Waals surface area contributed by atoms with Gasteiger partial charge in [-0.2, -0.15) is 0 Å². The van der Waals surface area contributed by atoms with E-state index >= 15 is 0 Å². The van der Waals surface area contributed by atoms with Crippen LogP contribution in [0.3, 0.4) is 0 Å². The Bertz CT molecular complexity index is 3170. The van der Waals surface area contributed by atoms with Crippen molar-refractivity contribution >= 4 is 82.1 Å². The number of anilines is 3. The second-order valence-corrected chi connectivity index (χ2v) is 14.0. The summed E-state index contributed by atoms with van der Waals surface area (Å²) in [6, 6.07) is 72.4. The quantitative estimate of drug-likeness (QED) is 0.168. The molecule has 0 aliphatic carbocycles. The molecule has 54 heavy (non-hydrogen) atoms. The molecule has 0 aliphatic heterocycles. The molecule has 0 atom stereocenters. The topological polar surface area (TPSA) is 16.4 Å². The van der Waals surface area contributed by atoms with Crippen LogP contribution in [0.1, 0.15) is 0 Å². The van der Waals surface area contributed by atoms with Crippen molar-refractivity contribution in [2.75, 3.05) is 4.90 Å². The molecule has 0 bridgehead atoms. The summed E-state index contributed by atoms with van der Waals surface area (Å²) in [5, 5.41) is 12.1. The molecule has 1 heterocycles. The third-order valence-corrected chi connectivity index (χ3v) is 11.0. The van der Waals surface area contributed by atoms with Gasteiger partial charge >= 0.3 is 0 Å². The lowest BCUT2D eigenvalue weighted by Gasteiger charge is -2.28. The predicted molar refractivity (Wildman–Crippen MR) is 229 cm³/mol. The maximum Gasteiger partial charge on any atom is 0.135 e. The predicted octanol–water partition coefficient (Wildman–Crippen LogP) is 15.0. The van der Waals surface area contributed by atoms with Crippen molar-refractivity contribution in [1.82, 2.24) is 0 Å². The summed E-state index contributed by atoms with van der Waals surface area (Å²) >= 11 is 0. The van der Waals surface area contributed by atoms with Gasteiger partial charge in [0.05, 0.1) is 5.69 Å². The number of nitrogens with zero attached hydrogens (tertiary/aromatic N) is 1. The minimum Gasteiger partial charge on any atom is -0.456 e. The Kier molecular flexibility index (Phi) is 6.90. The minimum absolute atomic E-state index is 0.905. The molecule has 1 aromatic heterocycles. The highest BCUT2D eigenvalue weighted by Gasteiger charge is 2.22. The van der Waals surface area contributed by atoms with E-state index in [0.717, 1.165) is 39.0 Å². The summed E-state index contributed by atoms with van der Waals surface area (Å²) in [6.45, 7) is 0. The molecule has 0 unspecified atom stereocenters. The minimum atomic E-state index is 0.905. The zero-order valence-electron chi connectivity index (χ0n) is 29.4. The summed E-state index contributed by atoms with van der Waals surface area (Å²) < 4.78 is 6.27. The lowest BCUT2D eigenvalue weighted by molar-refractivity contribution is 0.669. The van der Waals surface area contributed by atoms with Gasteiger partial charge in [0.1, 0.15) is 11.2 Å². The molecular weight excluding hydrogens is 655 g/mol. The first-order valence-corrected chi connectivity index (χ1v) is 18.5. The van der Waals surface area contributed by atoms with E-state index in [4.69, 9.17) is 4.42 Å². The van der Waals surface area contributed by atoms with Crippen molar-refractivity contribution < 1.29 is 4.42 Å². The van der Waals surface area contributed by atoms with Gasteiger partial charge in [0.2, 0.25) is 0 Å². The van der Waals surface area contributed by atoms with E-state index in [1.807, 2.05) is 6.07 Å². The Balaban J connectivity index is 1.23. The van der Waals surface area contributed by atoms with Crippen molar-refractivity contribution in [2.24, 2.45) is 0 Å². The summed E-state index contributed by atoms with van der Waals surface area (Å²) in [4.78, 5) is 2.37. The highest BCUT2D eigenvalue weighted by Crippen LogP contribution is 2.49. The van der Waals surface area contributed by atoms with Crippen molar-refractivity contribution in [3.63, 3.8) is 0 Å². The maximum absolute atomic E-state index is 6.27. The van der Waals surface area contributed by atoms with Crippen LogP contribution < -0.4 is 4.90 Å². The number of para-hydroxylation sites is 3. The van der Waals surface area contributed by atoms with Gasteiger partial charge in [-0.15, -0.1) is 0 Å². The molecular formula is C52H33NO. The number of fused-ring (bicyclic) bond motifs is 7. The summed E-state index contributed by atoms with van der Waals surface area (Å²) in [6.07, 6.45) is 0. The average Bonchev–Trinajstić information content (AvgIpc) is 3.61. The van der Waals surface area contributed by atoms with Crippen LogP contribution in [0.2, 0.25) is 0 Å². The standard InChI is InChI=1S/C52H33NO/c1-3-17-37(18-4-1)53(38-19-5-2-6-20-38)48-29-28-44(39-21-9-10-22-40(39)48)52-43-25-12-11-24-42(43)51(46-31-34-15-7-8-16-35(34)32-47(46)52)36-27-30-50-45(33-36)41-23-13-14-26-49(41)54-50/h1-33H. The highest BCUT2D eigenvalue weighted by atomic mass is 16.3. The Morgan fingerprint density at radius 1 is 0.315 bits per heavy atom. The monoisotopic (exact) mass is 687 g/mol. The van der Waals surface area contributed by atoms with Crippen molar-refractivity contribution in [3.8, 4) is 22.3 Å². The second-order valence-electron chi connectivity index (χ2n) is 14.0. The molecule has 11 rings (SSSR count). The van der Waals surface area contributed by atoms with Crippen molar-refractivity contribution in [3.05, 3.63) is 200 Å². The lowest BCUT2D eigenvalue weighted by Crippen LogP contribution is -2.10. The number of furan rings is 1. The largest absolute Gasteiger partial charge is 0.456 e. The SMILES string of the molecule is c1ccc(N(c2ccccc2)c2ccc(-c3c4ccccc4c(-c4ccc5oc6ccccc6c5c4)c4cc5ccccc5cc34)c3ccccc23)cc1. The van der Waals surface area contributed by atoms with E-state index in [1.165, 1.54) is 65.3 Å². The number of benzene rings is 10. The van der Waals surface area contributed by atoms with Crippen LogP contribution in [-0.4, -0.2) is 0 Å². The van der Waals surface area contributed by atoms with Gasteiger partial charge in [0.25, 0.3) is 0 Å². The van der Waals surface area contributed by atoms with E-state index in [-0.39, 0.29) is 0 Å². The third kappa shape index (κ3) is 4.74. The van der Waals surface area contributed by atoms with E-state index in [9.17, 15) is 0 Å². The van der Waals surface area contributed by atoms with Crippen LogP contribution in [-0.2, 0) is 0 Å². The molecule has 0 saturated heterocycles. The average molecular weight is 688 g/mol. The summed E-state index contributed by atoms with van der Waals surface area (Å²) in [7, 11) is 0. The number of rotatable bonds is 5. The Labute approximate surface area is 312 Å². The fraction of sp³-hybridized carbons (Fsp3) is 0. The molecule has 0 radical (unpaired) electrons. The van der Waals surface area contributed by atoms with Gasteiger partial charge in [0.15, 0.2) is 0 Å². The molecule has 0 N–H and O–H groups in total. The first-order valence-electron chi connectivity index (χ1n) is 18.5. The fourth-order valence-corrected chi connectivity index (χ4v) is 8.62. The van der Waals surface area contributed by atoms with Crippen LogP contribution in [0.15, 0.2) is 205 Å². The lowest BCUT2D eigenvalue weighted by atomic mass is 9.83. The Morgan fingerprint density at radius 2 is 0.833 bits per heavy atom. The van der Waals surface area contributed by atoms with Crippen molar-refractivity contribution in [2.45, 2.75) is 0 Å². The zero-order valence-corrected chi connectivity index (χ0v) is 29.4. The van der Waals surface area contributed by atoms with Crippen molar-refractivity contribution in [1.29, 1.82) is 0 Å². The van der Waals surface area contributed by atoms with Gasteiger partial charge in [-0.05, 0) is 121 Å². The number of hydrogen-bond acceptors (Lipinski definition) is 2. The van der Waals surface area contributed by atoms with Gasteiger partial charge in [-0.1, -0.05) is 140 Å². The summed E-state index contributed by atoms with van der Waals surface area (Å²) in [5.41, 5.74) is 10.1. The van der Waals surface area contributed by atoms with Crippen LogP contribution in [0.4, 0.5) is 17.1 Å². The molecule has 2 nitrogen and oxygen atoms in total. The molecule has 11 aromatic rings. The fourth-order valence-electron chi connectivity index (χ4n) is 8.62. The van der Waals surface area contributed by atoms with Crippen LogP contribution >= 0.6 is 0 Å². The van der Waals surface area contributed by atoms with E-state index in [0.29, 0.717) is 0 Å². The van der Waals surface area contributed by atoms with E-state index in [2.05, 4.69) is 199 Å². The smallest absolute Gasteiger partial charge is 0.135 e. The number of hydrogen-bond donors (Lipinski definition) is 0. The van der Waals surface area contributed by atoms with E-state index < -0.39 is 0 Å².